The SMILES string of the molecule is CC/C=C\C/C=C\C/C=C\C/C=C\CCC(=O)OCC(COC(=O)CCCCCCCCCCCCC/C=C\CCCCCCCCCC)OC(=O)CCCCCCCC/C=C\C/C=C\C/C=C\CCCCCCC. The fourth-order valence-electron chi connectivity index (χ4n) is 8.81. The van der Waals surface area contributed by atoms with Gasteiger partial charge in [-0.3, -0.25) is 14.4 Å². The first-order valence-electron chi connectivity index (χ1n) is 31.7. The number of carbonyl (C=O) groups is 3. The van der Waals surface area contributed by atoms with Gasteiger partial charge in [0.25, 0.3) is 0 Å². The maximum absolute atomic E-state index is 12.9. The summed E-state index contributed by atoms with van der Waals surface area (Å²) in [6, 6.07) is 0. The van der Waals surface area contributed by atoms with Gasteiger partial charge in [0, 0.05) is 19.3 Å². The van der Waals surface area contributed by atoms with Crippen LogP contribution in [0.1, 0.15) is 303 Å². The Balaban J connectivity index is 4.39. The van der Waals surface area contributed by atoms with Gasteiger partial charge in [-0.05, 0) is 109 Å². The van der Waals surface area contributed by atoms with Crippen molar-refractivity contribution in [2.24, 2.45) is 0 Å². The summed E-state index contributed by atoms with van der Waals surface area (Å²) in [6.07, 6.45) is 84.3. The van der Waals surface area contributed by atoms with Gasteiger partial charge in [-0.15, -0.1) is 0 Å². The molecule has 0 spiro atoms. The molecule has 0 bridgehead atoms. The average molecular weight is 1040 g/mol. The molecule has 0 aliphatic heterocycles. The van der Waals surface area contributed by atoms with Crippen LogP contribution in [0.4, 0.5) is 0 Å². The Kier molecular flexibility index (Phi) is 59.8. The third-order valence-electron chi connectivity index (χ3n) is 13.6. The molecule has 430 valence electrons. The highest BCUT2D eigenvalue weighted by atomic mass is 16.6. The minimum atomic E-state index is -0.815. The minimum absolute atomic E-state index is 0.105. The molecule has 0 radical (unpaired) electrons. The molecule has 6 nitrogen and oxygen atoms in total. The van der Waals surface area contributed by atoms with Crippen molar-refractivity contribution in [2.75, 3.05) is 13.2 Å². The fourth-order valence-corrected chi connectivity index (χ4v) is 8.81. The zero-order valence-electron chi connectivity index (χ0n) is 49.3. The van der Waals surface area contributed by atoms with Crippen molar-refractivity contribution in [3.8, 4) is 0 Å². The summed E-state index contributed by atoms with van der Waals surface area (Å²) < 4.78 is 16.8. The first kappa shape index (κ1) is 71.3. The van der Waals surface area contributed by atoms with Gasteiger partial charge in [0.1, 0.15) is 13.2 Å². The van der Waals surface area contributed by atoms with Crippen LogP contribution < -0.4 is 0 Å². The van der Waals surface area contributed by atoms with Crippen molar-refractivity contribution in [3.63, 3.8) is 0 Å². The van der Waals surface area contributed by atoms with Gasteiger partial charge in [0.15, 0.2) is 6.10 Å². The highest BCUT2D eigenvalue weighted by Gasteiger charge is 2.19. The lowest BCUT2D eigenvalue weighted by atomic mass is 10.0. The Morgan fingerprint density at radius 1 is 0.280 bits per heavy atom. The quantitative estimate of drug-likeness (QED) is 0.0261. The van der Waals surface area contributed by atoms with Crippen LogP contribution in [0.15, 0.2) is 97.2 Å². The minimum Gasteiger partial charge on any atom is -0.462 e. The molecule has 1 atom stereocenters. The molecule has 0 aliphatic carbocycles. The number of hydrogen-bond acceptors (Lipinski definition) is 6. The summed E-state index contributed by atoms with van der Waals surface area (Å²) in [5.74, 6) is -0.996. The fraction of sp³-hybridized carbons (Fsp3) is 0.725. The van der Waals surface area contributed by atoms with E-state index in [1.165, 1.54) is 167 Å². The van der Waals surface area contributed by atoms with E-state index in [-0.39, 0.29) is 37.5 Å². The maximum Gasteiger partial charge on any atom is 0.306 e. The summed E-state index contributed by atoms with van der Waals surface area (Å²) in [4.78, 5) is 38.2. The third kappa shape index (κ3) is 61.1. The van der Waals surface area contributed by atoms with Crippen LogP contribution in [-0.4, -0.2) is 37.2 Å². The smallest absolute Gasteiger partial charge is 0.306 e. The lowest BCUT2D eigenvalue weighted by Crippen LogP contribution is -2.30. The second kappa shape index (κ2) is 62.9. The van der Waals surface area contributed by atoms with Crippen molar-refractivity contribution in [1.29, 1.82) is 0 Å². The molecule has 0 aliphatic rings. The Morgan fingerprint density at radius 3 is 0.907 bits per heavy atom. The van der Waals surface area contributed by atoms with Crippen LogP contribution in [0.3, 0.4) is 0 Å². The monoisotopic (exact) mass is 1040 g/mol. The van der Waals surface area contributed by atoms with E-state index in [0.717, 1.165) is 89.9 Å². The van der Waals surface area contributed by atoms with Gasteiger partial charge in [0.2, 0.25) is 0 Å². The summed E-state index contributed by atoms with van der Waals surface area (Å²) >= 11 is 0. The Bertz CT molecular complexity index is 1480. The molecular formula is C69H118O6. The number of ether oxygens (including phenoxy) is 3. The molecule has 0 heterocycles. The molecule has 0 rings (SSSR count). The predicted molar refractivity (Wildman–Crippen MR) is 325 cm³/mol. The van der Waals surface area contributed by atoms with E-state index in [2.05, 4.69) is 112 Å². The molecule has 0 saturated carbocycles. The van der Waals surface area contributed by atoms with E-state index in [1.54, 1.807) is 0 Å². The van der Waals surface area contributed by atoms with Crippen molar-refractivity contribution >= 4 is 17.9 Å². The number of esters is 3. The molecular weight excluding hydrogens is 925 g/mol. The lowest BCUT2D eigenvalue weighted by molar-refractivity contribution is -0.166. The average Bonchev–Trinajstić information content (AvgIpc) is 3.41. The van der Waals surface area contributed by atoms with Crippen LogP contribution in [0.25, 0.3) is 0 Å². The molecule has 0 fully saturated rings. The number of unbranched alkanes of at least 4 members (excludes halogenated alkanes) is 30. The molecule has 0 amide bonds. The van der Waals surface area contributed by atoms with Crippen molar-refractivity contribution in [1.82, 2.24) is 0 Å². The van der Waals surface area contributed by atoms with Gasteiger partial charge in [-0.1, -0.05) is 272 Å². The van der Waals surface area contributed by atoms with Gasteiger partial charge >= 0.3 is 17.9 Å². The summed E-state index contributed by atoms with van der Waals surface area (Å²) in [5, 5.41) is 0. The highest BCUT2D eigenvalue weighted by Crippen LogP contribution is 2.16. The Labute approximate surface area is 464 Å². The standard InChI is InChI=1S/C69H118O6/c1-4-7-10-13-16-19-22-25-27-29-31-33-34-36-37-39-41-44-47-50-53-56-59-62-68(71)74-65-66(64-73-67(70)61-58-55-52-49-46-43-24-21-18-15-12-9-6-3)75-69(72)63-60-57-54-51-48-45-42-40-38-35-32-30-28-26-23-20-17-14-11-8-5-2/h9,12,18,21,23,26,29-32,38,40,43,46,52,55,66H,4-8,10-11,13-17,19-20,22,24-25,27-28,33-37,39,41-42,44-45,47-51,53-54,56-65H2,1-3H3/b12-9-,21-18-,26-23-,31-29-,32-30-,40-38-,46-43-,55-52-. The van der Waals surface area contributed by atoms with Gasteiger partial charge < -0.3 is 14.2 Å². The van der Waals surface area contributed by atoms with Gasteiger partial charge in [-0.25, -0.2) is 0 Å². The Hall–Kier alpha value is -3.67. The van der Waals surface area contributed by atoms with Gasteiger partial charge in [-0.2, -0.15) is 0 Å². The Morgan fingerprint density at radius 2 is 0.547 bits per heavy atom. The second-order valence-electron chi connectivity index (χ2n) is 20.9. The molecule has 0 aromatic heterocycles. The van der Waals surface area contributed by atoms with Crippen molar-refractivity contribution < 1.29 is 28.6 Å². The number of rotatable bonds is 57. The van der Waals surface area contributed by atoms with Gasteiger partial charge in [0.05, 0.1) is 0 Å². The molecule has 75 heavy (non-hydrogen) atoms. The summed E-state index contributed by atoms with van der Waals surface area (Å²) in [6.45, 7) is 6.46. The van der Waals surface area contributed by atoms with Crippen LogP contribution in [0.2, 0.25) is 0 Å². The van der Waals surface area contributed by atoms with Crippen LogP contribution in [-0.2, 0) is 28.6 Å². The summed E-state index contributed by atoms with van der Waals surface area (Å²) in [5.41, 5.74) is 0. The molecule has 6 heteroatoms. The zero-order valence-corrected chi connectivity index (χ0v) is 49.3. The largest absolute Gasteiger partial charge is 0.462 e. The number of carbonyl (C=O) groups excluding carboxylic acids is 3. The van der Waals surface area contributed by atoms with E-state index in [1.807, 2.05) is 6.08 Å². The highest BCUT2D eigenvalue weighted by molar-refractivity contribution is 5.71. The number of hydrogen-bond donors (Lipinski definition) is 0. The van der Waals surface area contributed by atoms with E-state index in [9.17, 15) is 14.4 Å². The second-order valence-corrected chi connectivity index (χ2v) is 20.9. The first-order chi connectivity index (χ1) is 37.0. The first-order valence-corrected chi connectivity index (χ1v) is 31.7. The van der Waals surface area contributed by atoms with E-state index in [4.69, 9.17) is 14.2 Å². The molecule has 0 aromatic carbocycles. The molecule has 1 unspecified atom stereocenters. The van der Waals surface area contributed by atoms with E-state index in [0.29, 0.717) is 19.3 Å². The molecule has 0 saturated heterocycles. The summed E-state index contributed by atoms with van der Waals surface area (Å²) in [7, 11) is 0. The van der Waals surface area contributed by atoms with Crippen molar-refractivity contribution in [2.45, 2.75) is 309 Å². The number of allylic oxidation sites excluding steroid dienone is 16. The predicted octanol–water partition coefficient (Wildman–Crippen LogP) is 21.7. The van der Waals surface area contributed by atoms with E-state index >= 15 is 0 Å². The maximum atomic E-state index is 12.9. The van der Waals surface area contributed by atoms with Crippen molar-refractivity contribution in [3.05, 3.63) is 97.2 Å². The van der Waals surface area contributed by atoms with E-state index < -0.39 is 6.10 Å². The third-order valence-corrected chi connectivity index (χ3v) is 13.6. The molecule has 0 N–H and O–H groups in total. The topological polar surface area (TPSA) is 78.9 Å². The lowest BCUT2D eigenvalue weighted by Gasteiger charge is -2.18. The zero-order chi connectivity index (χ0) is 54.3. The molecule has 0 aromatic rings. The normalized spacial score (nSPS) is 12.7. The van der Waals surface area contributed by atoms with Crippen LogP contribution >= 0.6 is 0 Å². The van der Waals surface area contributed by atoms with Crippen LogP contribution in [0.5, 0.6) is 0 Å². The van der Waals surface area contributed by atoms with Crippen LogP contribution in [0, 0.1) is 0 Å².